The molecule has 1 rings (SSSR count). The smallest absolute Gasteiger partial charge is 0.308 e. The van der Waals surface area contributed by atoms with Crippen molar-refractivity contribution in [2.75, 3.05) is 14.1 Å². The van der Waals surface area contributed by atoms with Gasteiger partial charge in [0.2, 0.25) is 0 Å². The number of rotatable bonds is 5. The van der Waals surface area contributed by atoms with Gasteiger partial charge in [0.1, 0.15) is 0 Å². The number of hydrogen-bond acceptors (Lipinski definition) is 2. The monoisotopic (exact) mass is 227 g/mol. The molecule has 0 amide bonds. The molecule has 2 unspecified atom stereocenters. The molecule has 2 atom stereocenters. The summed E-state index contributed by atoms with van der Waals surface area (Å²) >= 11 is 0. The van der Waals surface area contributed by atoms with Gasteiger partial charge in [0, 0.05) is 6.04 Å². The van der Waals surface area contributed by atoms with E-state index in [2.05, 4.69) is 4.90 Å². The molecule has 1 fully saturated rings. The van der Waals surface area contributed by atoms with Crippen LogP contribution in [0, 0.1) is 17.8 Å². The lowest BCUT2D eigenvalue weighted by Crippen LogP contribution is -2.46. The van der Waals surface area contributed by atoms with Gasteiger partial charge in [-0.3, -0.25) is 4.79 Å². The molecular formula is C13H25NO2. The van der Waals surface area contributed by atoms with E-state index >= 15 is 0 Å². The Hall–Kier alpha value is -0.570. The predicted octanol–water partition coefficient (Wildman–Crippen LogP) is 2.46. The summed E-state index contributed by atoms with van der Waals surface area (Å²) in [5, 5.41) is 9.40. The lowest BCUT2D eigenvalue weighted by molar-refractivity contribution is -0.146. The summed E-state index contributed by atoms with van der Waals surface area (Å²) in [6.07, 6.45) is 4.91. The van der Waals surface area contributed by atoms with E-state index in [4.69, 9.17) is 0 Å². The quantitative estimate of drug-likeness (QED) is 0.784. The van der Waals surface area contributed by atoms with Crippen LogP contribution in [0.4, 0.5) is 0 Å². The first-order valence-electron chi connectivity index (χ1n) is 6.34. The number of hydrogen-bond donors (Lipinski definition) is 1. The van der Waals surface area contributed by atoms with E-state index in [1.807, 2.05) is 27.9 Å². The van der Waals surface area contributed by atoms with E-state index in [1.54, 1.807) is 0 Å². The highest BCUT2D eigenvalue weighted by Crippen LogP contribution is 2.35. The van der Waals surface area contributed by atoms with Crippen molar-refractivity contribution in [3.63, 3.8) is 0 Å². The van der Waals surface area contributed by atoms with Crippen molar-refractivity contribution in [1.29, 1.82) is 0 Å². The molecule has 94 valence electrons. The predicted molar refractivity (Wildman–Crippen MR) is 65.4 cm³/mol. The van der Waals surface area contributed by atoms with Gasteiger partial charge < -0.3 is 10.0 Å². The van der Waals surface area contributed by atoms with E-state index in [1.165, 1.54) is 25.7 Å². The van der Waals surface area contributed by atoms with Crippen LogP contribution in [0.3, 0.4) is 0 Å². The first-order valence-corrected chi connectivity index (χ1v) is 6.34. The highest BCUT2D eigenvalue weighted by molar-refractivity contribution is 5.71. The van der Waals surface area contributed by atoms with Crippen LogP contribution in [0.1, 0.15) is 39.5 Å². The van der Waals surface area contributed by atoms with Crippen LogP contribution in [0.25, 0.3) is 0 Å². The largest absolute Gasteiger partial charge is 0.481 e. The van der Waals surface area contributed by atoms with E-state index in [-0.39, 0.29) is 17.9 Å². The maximum atomic E-state index is 11.4. The fraction of sp³-hybridized carbons (Fsp3) is 0.923. The Kier molecular flexibility index (Phi) is 4.78. The maximum absolute atomic E-state index is 11.4. The molecule has 3 nitrogen and oxygen atoms in total. The fourth-order valence-corrected chi connectivity index (χ4v) is 3.16. The minimum Gasteiger partial charge on any atom is -0.481 e. The van der Waals surface area contributed by atoms with Gasteiger partial charge in [0.15, 0.2) is 0 Å². The Balaban J connectivity index is 2.84. The van der Waals surface area contributed by atoms with E-state index in [0.29, 0.717) is 5.92 Å². The third kappa shape index (κ3) is 2.97. The topological polar surface area (TPSA) is 40.5 Å². The van der Waals surface area contributed by atoms with Gasteiger partial charge in [-0.15, -0.1) is 0 Å². The summed E-state index contributed by atoms with van der Waals surface area (Å²) in [7, 11) is 4.03. The van der Waals surface area contributed by atoms with Crippen molar-refractivity contribution in [2.45, 2.75) is 45.6 Å². The third-order valence-corrected chi connectivity index (χ3v) is 3.85. The second kappa shape index (κ2) is 5.67. The molecule has 0 aromatic heterocycles. The Bertz CT molecular complexity index is 232. The van der Waals surface area contributed by atoms with Crippen molar-refractivity contribution in [2.24, 2.45) is 17.8 Å². The molecular weight excluding hydrogens is 202 g/mol. The molecule has 0 spiro atoms. The molecule has 0 radical (unpaired) electrons. The van der Waals surface area contributed by atoms with Gasteiger partial charge in [-0.2, -0.15) is 0 Å². The lowest BCUT2D eigenvalue weighted by Gasteiger charge is -2.36. The first-order chi connectivity index (χ1) is 7.45. The summed E-state index contributed by atoms with van der Waals surface area (Å²) in [6.45, 7) is 4.04. The number of carboxylic acids is 1. The summed E-state index contributed by atoms with van der Waals surface area (Å²) in [5.74, 6) is -0.109. The molecule has 1 N–H and O–H groups in total. The van der Waals surface area contributed by atoms with Crippen LogP contribution < -0.4 is 0 Å². The molecule has 0 saturated heterocycles. The van der Waals surface area contributed by atoms with Gasteiger partial charge >= 0.3 is 5.97 Å². The van der Waals surface area contributed by atoms with Crippen LogP contribution in [0.5, 0.6) is 0 Å². The first kappa shape index (κ1) is 13.5. The van der Waals surface area contributed by atoms with Gasteiger partial charge in [0.05, 0.1) is 5.92 Å². The van der Waals surface area contributed by atoms with Crippen LogP contribution in [0.15, 0.2) is 0 Å². The zero-order valence-corrected chi connectivity index (χ0v) is 10.9. The second-order valence-electron chi connectivity index (χ2n) is 5.61. The standard InChI is InChI=1S/C13H25NO2/c1-9(2)11(13(15)16)12(14(3)4)10-7-5-6-8-10/h9-12H,5-8H2,1-4H3,(H,15,16). The number of carboxylic acid groups (broad SMARTS) is 1. The van der Waals surface area contributed by atoms with Gasteiger partial charge in [-0.25, -0.2) is 0 Å². The average molecular weight is 227 g/mol. The van der Waals surface area contributed by atoms with Crippen molar-refractivity contribution in [3.05, 3.63) is 0 Å². The number of aliphatic carboxylic acids is 1. The second-order valence-corrected chi connectivity index (χ2v) is 5.61. The van der Waals surface area contributed by atoms with Crippen LogP contribution >= 0.6 is 0 Å². The summed E-state index contributed by atoms with van der Waals surface area (Å²) in [6, 6.07) is 0.194. The molecule has 0 heterocycles. The molecule has 0 aromatic rings. The van der Waals surface area contributed by atoms with E-state index in [9.17, 15) is 9.90 Å². The summed E-state index contributed by atoms with van der Waals surface area (Å²) in [5.41, 5.74) is 0. The van der Waals surface area contributed by atoms with Gasteiger partial charge in [-0.05, 0) is 38.8 Å². The number of nitrogens with zero attached hydrogens (tertiary/aromatic N) is 1. The molecule has 1 aliphatic rings. The SMILES string of the molecule is CC(C)C(C(=O)O)C(C1CCCC1)N(C)C. The number of carbonyl (C=O) groups is 1. The molecule has 1 saturated carbocycles. The minimum absolute atomic E-state index is 0.194. The highest BCUT2D eigenvalue weighted by Gasteiger charge is 2.38. The van der Waals surface area contributed by atoms with Crippen LogP contribution in [0.2, 0.25) is 0 Å². The van der Waals surface area contributed by atoms with Crippen molar-refractivity contribution in [1.82, 2.24) is 4.90 Å². The normalized spacial score (nSPS) is 21.6. The van der Waals surface area contributed by atoms with Crippen molar-refractivity contribution >= 4 is 5.97 Å². The molecule has 0 aromatic carbocycles. The molecule has 3 heteroatoms. The highest BCUT2D eigenvalue weighted by atomic mass is 16.4. The van der Waals surface area contributed by atoms with E-state index in [0.717, 1.165) is 0 Å². The Morgan fingerprint density at radius 3 is 2.06 bits per heavy atom. The lowest BCUT2D eigenvalue weighted by atomic mass is 9.80. The summed E-state index contributed by atoms with van der Waals surface area (Å²) < 4.78 is 0. The zero-order chi connectivity index (χ0) is 12.3. The average Bonchev–Trinajstić information content (AvgIpc) is 2.64. The Morgan fingerprint density at radius 1 is 1.25 bits per heavy atom. The van der Waals surface area contributed by atoms with Crippen molar-refractivity contribution < 1.29 is 9.90 Å². The van der Waals surface area contributed by atoms with Crippen molar-refractivity contribution in [3.8, 4) is 0 Å². The maximum Gasteiger partial charge on any atom is 0.308 e. The molecule has 16 heavy (non-hydrogen) atoms. The third-order valence-electron chi connectivity index (χ3n) is 3.85. The Morgan fingerprint density at radius 2 is 1.75 bits per heavy atom. The van der Waals surface area contributed by atoms with Gasteiger partial charge in [-0.1, -0.05) is 26.7 Å². The van der Waals surface area contributed by atoms with E-state index < -0.39 is 5.97 Å². The van der Waals surface area contributed by atoms with Gasteiger partial charge in [0.25, 0.3) is 0 Å². The Labute approximate surface area is 98.8 Å². The van der Waals surface area contributed by atoms with Crippen LogP contribution in [-0.4, -0.2) is 36.1 Å². The summed E-state index contributed by atoms with van der Waals surface area (Å²) in [4.78, 5) is 13.5. The minimum atomic E-state index is -0.638. The molecule has 1 aliphatic carbocycles. The molecule has 0 aliphatic heterocycles. The van der Waals surface area contributed by atoms with Crippen LogP contribution in [-0.2, 0) is 4.79 Å². The zero-order valence-electron chi connectivity index (χ0n) is 10.9. The molecule has 0 bridgehead atoms. The fourth-order valence-electron chi connectivity index (χ4n) is 3.16.